The average molecular weight is 296 g/mol. The summed E-state index contributed by atoms with van der Waals surface area (Å²) in [6.45, 7) is 6.99. The predicted molar refractivity (Wildman–Crippen MR) is 79.1 cm³/mol. The number of aryl methyl sites for hydroxylation is 1. The van der Waals surface area contributed by atoms with Crippen molar-refractivity contribution in [3.8, 4) is 0 Å². The van der Waals surface area contributed by atoms with Gasteiger partial charge in [0.2, 0.25) is 0 Å². The van der Waals surface area contributed by atoms with Crippen molar-refractivity contribution in [3.63, 3.8) is 0 Å². The van der Waals surface area contributed by atoms with E-state index in [1.807, 2.05) is 0 Å². The lowest BCUT2D eigenvalue weighted by Gasteiger charge is -2.35. The Morgan fingerprint density at radius 1 is 1.25 bits per heavy atom. The van der Waals surface area contributed by atoms with Crippen LogP contribution in [0.25, 0.3) is 0 Å². The molecule has 20 heavy (non-hydrogen) atoms. The SMILES string of the molecule is CC(C)N1CCOC(c2nc(Cl)c3c(n2)CCCC3)C1. The molecule has 0 radical (unpaired) electrons. The van der Waals surface area contributed by atoms with Gasteiger partial charge in [-0.05, 0) is 39.5 Å². The van der Waals surface area contributed by atoms with E-state index >= 15 is 0 Å². The number of fused-ring (bicyclic) bond motifs is 1. The van der Waals surface area contributed by atoms with Gasteiger partial charge in [-0.1, -0.05) is 11.6 Å². The van der Waals surface area contributed by atoms with Gasteiger partial charge in [-0.25, -0.2) is 9.97 Å². The maximum absolute atomic E-state index is 6.35. The second-order valence-corrected chi connectivity index (χ2v) is 6.31. The van der Waals surface area contributed by atoms with Gasteiger partial charge in [0, 0.05) is 30.4 Å². The topological polar surface area (TPSA) is 38.2 Å². The van der Waals surface area contributed by atoms with Crippen LogP contribution in [-0.4, -0.2) is 40.6 Å². The van der Waals surface area contributed by atoms with Crippen molar-refractivity contribution >= 4 is 11.6 Å². The van der Waals surface area contributed by atoms with Gasteiger partial charge in [-0.15, -0.1) is 0 Å². The molecular weight excluding hydrogens is 274 g/mol. The van der Waals surface area contributed by atoms with Crippen molar-refractivity contribution in [1.29, 1.82) is 0 Å². The summed E-state index contributed by atoms with van der Waals surface area (Å²) in [6, 6.07) is 0.523. The Kier molecular flexibility index (Phi) is 4.24. The Morgan fingerprint density at radius 2 is 2.05 bits per heavy atom. The lowest BCUT2D eigenvalue weighted by atomic mass is 9.97. The van der Waals surface area contributed by atoms with Crippen LogP contribution < -0.4 is 0 Å². The number of hydrogen-bond acceptors (Lipinski definition) is 4. The van der Waals surface area contributed by atoms with Crippen molar-refractivity contribution in [2.45, 2.75) is 51.7 Å². The third kappa shape index (κ3) is 2.83. The third-order valence-corrected chi connectivity index (χ3v) is 4.58. The summed E-state index contributed by atoms with van der Waals surface area (Å²) in [7, 11) is 0. The molecule has 0 amide bonds. The molecule has 3 rings (SSSR count). The second-order valence-electron chi connectivity index (χ2n) is 5.95. The molecule has 1 saturated heterocycles. The smallest absolute Gasteiger partial charge is 0.160 e. The number of aromatic nitrogens is 2. The van der Waals surface area contributed by atoms with Crippen LogP contribution in [-0.2, 0) is 17.6 Å². The highest BCUT2D eigenvalue weighted by atomic mass is 35.5. The number of hydrogen-bond donors (Lipinski definition) is 0. The van der Waals surface area contributed by atoms with E-state index in [0.717, 1.165) is 49.6 Å². The number of nitrogens with zero attached hydrogens (tertiary/aromatic N) is 3. The molecule has 0 saturated carbocycles. The monoisotopic (exact) mass is 295 g/mol. The van der Waals surface area contributed by atoms with E-state index in [0.29, 0.717) is 11.2 Å². The molecule has 110 valence electrons. The van der Waals surface area contributed by atoms with E-state index in [1.54, 1.807) is 0 Å². The summed E-state index contributed by atoms with van der Waals surface area (Å²) in [5, 5.41) is 0.634. The van der Waals surface area contributed by atoms with Crippen molar-refractivity contribution < 1.29 is 4.74 Å². The molecule has 2 aliphatic rings. The Hall–Kier alpha value is -0.710. The van der Waals surface area contributed by atoms with Crippen LogP contribution in [0.2, 0.25) is 5.15 Å². The fraction of sp³-hybridized carbons (Fsp3) is 0.733. The van der Waals surface area contributed by atoms with Gasteiger partial charge in [0.25, 0.3) is 0 Å². The molecule has 1 aromatic rings. The Morgan fingerprint density at radius 3 is 2.85 bits per heavy atom. The van der Waals surface area contributed by atoms with E-state index in [9.17, 15) is 0 Å². The van der Waals surface area contributed by atoms with Crippen LogP contribution in [0.15, 0.2) is 0 Å². The molecule has 1 unspecified atom stereocenters. The molecule has 1 atom stereocenters. The third-order valence-electron chi connectivity index (χ3n) is 4.27. The van der Waals surface area contributed by atoms with Crippen LogP contribution in [0.3, 0.4) is 0 Å². The van der Waals surface area contributed by atoms with E-state index in [2.05, 4.69) is 23.7 Å². The van der Waals surface area contributed by atoms with Gasteiger partial charge >= 0.3 is 0 Å². The van der Waals surface area contributed by atoms with Gasteiger partial charge in [-0.3, -0.25) is 4.90 Å². The largest absolute Gasteiger partial charge is 0.368 e. The highest BCUT2D eigenvalue weighted by molar-refractivity contribution is 6.30. The molecule has 0 aromatic carbocycles. The maximum Gasteiger partial charge on any atom is 0.160 e. The van der Waals surface area contributed by atoms with Crippen molar-refractivity contribution in [3.05, 3.63) is 22.2 Å². The van der Waals surface area contributed by atoms with Gasteiger partial charge < -0.3 is 4.74 Å². The molecular formula is C15H22ClN3O. The molecule has 0 bridgehead atoms. The van der Waals surface area contributed by atoms with E-state index < -0.39 is 0 Å². The normalized spacial score (nSPS) is 23.9. The number of halogens is 1. The summed E-state index contributed by atoms with van der Waals surface area (Å²) in [4.78, 5) is 11.7. The zero-order valence-electron chi connectivity index (χ0n) is 12.2. The molecule has 0 spiro atoms. The zero-order valence-corrected chi connectivity index (χ0v) is 13.0. The summed E-state index contributed by atoms with van der Waals surface area (Å²) in [6.07, 6.45) is 4.37. The number of morpholine rings is 1. The van der Waals surface area contributed by atoms with Crippen LogP contribution in [0.4, 0.5) is 0 Å². The number of ether oxygens (including phenoxy) is 1. The Balaban J connectivity index is 1.84. The zero-order chi connectivity index (χ0) is 14.1. The lowest BCUT2D eigenvalue weighted by Crippen LogP contribution is -2.42. The Bertz CT molecular complexity index is 492. The molecule has 1 fully saturated rings. The van der Waals surface area contributed by atoms with Crippen LogP contribution in [0.5, 0.6) is 0 Å². The molecule has 4 nitrogen and oxygen atoms in total. The lowest BCUT2D eigenvalue weighted by molar-refractivity contribution is -0.0444. The minimum absolute atomic E-state index is 0.0455. The number of rotatable bonds is 2. The van der Waals surface area contributed by atoms with E-state index in [4.69, 9.17) is 21.3 Å². The van der Waals surface area contributed by atoms with Crippen LogP contribution in [0.1, 0.15) is 49.9 Å². The molecule has 5 heteroatoms. The first-order chi connectivity index (χ1) is 9.65. The van der Waals surface area contributed by atoms with Crippen molar-refractivity contribution in [2.24, 2.45) is 0 Å². The fourth-order valence-corrected chi connectivity index (χ4v) is 3.29. The molecule has 2 heterocycles. The highest BCUT2D eigenvalue weighted by Crippen LogP contribution is 2.28. The molecule has 1 aliphatic heterocycles. The van der Waals surface area contributed by atoms with E-state index in [-0.39, 0.29) is 6.10 Å². The first-order valence-electron chi connectivity index (χ1n) is 7.56. The van der Waals surface area contributed by atoms with E-state index in [1.165, 1.54) is 12.8 Å². The van der Waals surface area contributed by atoms with Crippen LogP contribution in [0, 0.1) is 0 Å². The van der Waals surface area contributed by atoms with Crippen LogP contribution >= 0.6 is 11.6 Å². The Labute approximate surface area is 125 Å². The first-order valence-corrected chi connectivity index (χ1v) is 7.94. The van der Waals surface area contributed by atoms with Crippen molar-refractivity contribution in [2.75, 3.05) is 19.7 Å². The summed E-state index contributed by atoms with van der Waals surface area (Å²) < 4.78 is 5.87. The summed E-state index contributed by atoms with van der Waals surface area (Å²) >= 11 is 6.35. The minimum atomic E-state index is -0.0455. The van der Waals surface area contributed by atoms with Gasteiger partial charge in [0.1, 0.15) is 11.3 Å². The maximum atomic E-state index is 6.35. The quantitative estimate of drug-likeness (QED) is 0.787. The molecule has 0 N–H and O–H groups in total. The summed E-state index contributed by atoms with van der Waals surface area (Å²) in [5.74, 6) is 0.765. The predicted octanol–water partition coefficient (Wildman–Crippen LogP) is 2.79. The summed E-state index contributed by atoms with van der Waals surface area (Å²) in [5.41, 5.74) is 2.29. The fourth-order valence-electron chi connectivity index (χ4n) is 3.00. The average Bonchev–Trinajstić information content (AvgIpc) is 2.47. The van der Waals surface area contributed by atoms with Gasteiger partial charge in [0.15, 0.2) is 5.82 Å². The van der Waals surface area contributed by atoms with Gasteiger partial charge in [0.05, 0.1) is 6.61 Å². The highest BCUT2D eigenvalue weighted by Gasteiger charge is 2.27. The second kappa shape index (κ2) is 5.96. The minimum Gasteiger partial charge on any atom is -0.368 e. The standard InChI is InChI=1S/C15H22ClN3O/c1-10(2)19-7-8-20-13(9-19)15-17-12-6-4-3-5-11(12)14(16)18-15/h10,13H,3-9H2,1-2H3. The molecule has 1 aliphatic carbocycles. The molecule has 1 aromatic heterocycles. The van der Waals surface area contributed by atoms with Crippen molar-refractivity contribution in [1.82, 2.24) is 14.9 Å². The van der Waals surface area contributed by atoms with Gasteiger partial charge in [-0.2, -0.15) is 0 Å². The first kappa shape index (κ1) is 14.2.